The van der Waals surface area contributed by atoms with Crippen molar-refractivity contribution < 1.29 is 18.0 Å². The minimum Gasteiger partial charge on any atom is -0.337 e. The molecule has 27 heavy (non-hydrogen) atoms. The van der Waals surface area contributed by atoms with Gasteiger partial charge in [-0.25, -0.2) is 0 Å². The number of hydrogen-bond acceptors (Lipinski definition) is 1. The number of allylic oxidation sites excluding steroid dienone is 3. The molecule has 0 aliphatic carbocycles. The van der Waals surface area contributed by atoms with Gasteiger partial charge in [0, 0.05) is 23.6 Å². The van der Waals surface area contributed by atoms with Gasteiger partial charge in [0.1, 0.15) is 0 Å². The minimum absolute atomic E-state index is 0.0560. The van der Waals surface area contributed by atoms with Crippen LogP contribution in [0.25, 0.3) is 5.57 Å². The second-order valence-electron chi connectivity index (χ2n) is 6.13. The zero-order valence-electron chi connectivity index (χ0n) is 15.0. The van der Waals surface area contributed by atoms with Gasteiger partial charge in [0.05, 0.1) is 5.56 Å². The Morgan fingerprint density at radius 3 is 2.30 bits per heavy atom. The van der Waals surface area contributed by atoms with Crippen molar-refractivity contribution in [2.24, 2.45) is 0 Å². The van der Waals surface area contributed by atoms with Gasteiger partial charge < -0.3 is 4.90 Å². The molecule has 0 radical (unpaired) electrons. The van der Waals surface area contributed by atoms with E-state index in [-0.39, 0.29) is 12.5 Å². The molecule has 0 unspecified atom stereocenters. The lowest BCUT2D eigenvalue weighted by molar-refractivity contribution is -0.137. The fraction of sp³-hybridized carbons (Fsp3) is 0.190. The molecule has 0 aromatic heterocycles. The molecule has 0 atom stereocenters. The van der Waals surface area contributed by atoms with Crippen molar-refractivity contribution >= 4 is 27.4 Å². The highest BCUT2D eigenvalue weighted by Gasteiger charge is 2.31. The maximum atomic E-state index is 12.9. The van der Waals surface area contributed by atoms with Gasteiger partial charge in [-0.2, -0.15) is 13.2 Å². The van der Waals surface area contributed by atoms with Crippen LogP contribution in [0.2, 0.25) is 0 Å². The Morgan fingerprint density at radius 2 is 1.74 bits per heavy atom. The molecule has 0 aliphatic rings. The van der Waals surface area contributed by atoms with Crippen LogP contribution in [0.5, 0.6) is 0 Å². The van der Waals surface area contributed by atoms with Crippen molar-refractivity contribution in [3.05, 3.63) is 87.9 Å². The summed E-state index contributed by atoms with van der Waals surface area (Å²) < 4.78 is 39.3. The monoisotopic (exact) mass is 437 g/mol. The Balaban J connectivity index is 2.19. The maximum absolute atomic E-state index is 12.9. The Labute approximate surface area is 165 Å². The summed E-state index contributed by atoms with van der Waals surface area (Å²) in [6, 6.07) is 10.5. The van der Waals surface area contributed by atoms with Crippen LogP contribution in [0.3, 0.4) is 0 Å². The average Bonchev–Trinajstić information content (AvgIpc) is 2.62. The number of alkyl halides is 3. The standard InChI is InChI=1S/C21H19BrF3NO/c1-4-5-14(2)15-6-8-16(9-7-15)20(27)26(3)13-17-12-18(21(23,24)25)10-11-19(17)22/h4-12H,1,13H2,2-3H3/b14-5+. The number of amides is 1. The van der Waals surface area contributed by atoms with Gasteiger partial charge in [0.15, 0.2) is 0 Å². The number of rotatable bonds is 5. The van der Waals surface area contributed by atoms with Crippen LogP contribution >= 0.6 is 15.9 Å². The summed E-state index contributed by atoms with van der Waals surface area (Å²) in [5.41, 5.74) is 2.10. The molecular weight excluding hydrogens is 419 g/mol. The topological polar surface area (TPSA) is 20.3 Å². The molecule has 0 heterocycles. The fourth-order valence-electron chi connectivity index (χ4n) is 2.57. The number of nitrogens with zero attached hydrogens (tertiary/aromatic N) is 1. The normalized spacial score (nSPS) is 12.0. The first-order valence-corrected chi connectivity index (χ1v) is 8.93. The third-order valence-electron chi connectivity index (χ3n) is 4.08. The number of hydrogen-bond donors (Lipinski definition) is 0. The number of carbonyl (C=O) groups is 1. The van der Waals surface area contributed by atoms with E-state index in [1.165, 1.54) is 11.0 Å². The van der Waals surface area contributed by atoms with Gasteiger partial charge in [-0.15, -0.1) is 0 Å². The summed E-state index contributed by atoms with van der Waals surface area (Å²) in [6.45, 7) is 5.65. The molecule has 0 spiro atoms. The van der Waals surface area contributed by atoms with Crippen molar-refractivity contribution in [3.63, 3.8) is 0 Å². The molecule has 0 bridgehead atoms. The summed E-state index contributed by atoms with van der Waals surface area (Å²) in [7, 11) is 1.56. The Hall–Kier alpha value is -2.34. The quantitative estimate of drug-likeness (QED) is 0.500. The number of carbonyl (C=O) groups excluding carboxylic acids is 1. The maximum Gasteiger partial charge on any atom is 0.416 e. The zero-order chi connectivity index (χ0) is 20.2. The molecule has 0 N–H and O–H groups in total. The molecule has 2 nitrogen and oxygen atoms in total. The SMILES string of the molecule is C=C/C=C(\C)c1ccc(C(=O)N(C)Cc2cc(C(F)(F)F)ccc2Br)cc1. The van der Waals surface area contributed by atoms with Crippen molar-refractivity contribution in [1.82, 2.24) is 4.90 Å². The summed E-state index contributed by atoms with van der Waals surface area (Å²) in [6.07, 6.45) is -0.867. The van der Waals surface area contributed by atoms with E-state index in [0.717, 1.165) is 23.3 Å². The van der Waals surface area contributed by atoms with Gasteiger partial charge >= 0.3 is 6.18 Å². The van der Waals surface area contributed by atoms with Crippen molar-refractivity contribution in [1.29, 1.82) is 0 Å². The second-order valence-corrected chi connectivity index (χ2v) is 6.98. The van der Waals surface area contributed by atoms with E-state index in [0.29, 0.717) is 15.6 Å². The number of halogens is 4. The fourth-order valence-corrected chi connectivity index (χ4v) is 2.94. The van der Waals surface area contributed by atoms with E-state index >= 15 is 0 Å². The van der Waals surface area contributed by atoms with E-state index in [4.69, 9.17) is 0 Å². The smallest absolute Gasteiger partial charge is 0.337 e. The van der Waals surface area contributed by atoms with E-state index in [1.54, 1.807) is 25.3 Å². The molecular formula is C21H19BrF3NO. The first kappa shape index (κ1) is 21.0. The molecule has 0 saturated carbocycles. The molecule has 2 rings (SSSR count). The largest absolute Gasteiger partial charge is 0.416 e. The van der Waals surface area contributed by atoms with Crippen LogP contribution in [-0.2, 0) is 12.7 Å². The first-order chi connectivity index (χ1) is 12.6. The minimum atomic E-state index is -4.43. The average molecular weight is 438 g/mol. The van der Waals surface area contributed by atoms with Crippen LogP contribution in [0, 0.1) is 0 Å². The molecule has 2 aromatic carbocycles. The molecule has 0 saturated heterocycles. The number of benzene rings is 2. The lowest BCUT2D eigenvalue weighted by atomic mass is 10.0. The Morgan fingerprint density at radius 1 is 1.15 bits per heavy atom. The molecule has 0 aliphatic heterocycles. The lowest BCUT2D eigenvalue weighted by Gasteiger charge is -2.19. The van der Waals surface area contributed by atoms with E-state index in [2.05, 4.69) is 22.5 Å². The van der Waals surface area contributed by atoms with E-state index in [9.17, 15) is 18.0 Å². The molecule has 6 heteroatoms. The van der Waals surface area contributed by atoms with Crippen LogP contribution in [-0.4, -0.2) is 17.9 Å². The van der Waals surface area contributed by atoms with Crippen molar-refractivity contribution in [2.75, 3.05) is 7.05 Å². The van der Waals surface area contributed by atoms with Crippen molar-refractivity contribution in [2.45, 2.75) is 19.6 Å². The second kappa shape index (κ2) is 8.57. The third-order valence-corrected chi connectivity index (χ3v) is 4.86. The summed E-state index contributed by atoms with van der Waals surface area (Å²) in [5.74, 6) is -0.267. The molecule has 2 aromatic rings. The Bertz CT molecular complexity index is 870. The van der Waals surface area contributed by atoms with E-state index in [1.807, 2.05) is 25.1 Å². The highest BCUT2D eigenvalue weighted by Crippen LogP contribution is 2.32. The highest BCUT2D eigenvalue weighted by atomic mass is 79.9. The highest BCUT2D eigenvalue weighted by molar-refractivity contribution is 9.10. The summed E-state index contributed by atoms with van der Waals surface area (Å²) >= 11 is 3.25. The van der Waals surface area contributed by atoms with E-state index < -0.39 is 11.7 Å². The van der Waals surface area contributed by atoms with Gasteiger partial charge in [0.25, 0.3) is 5.91 Å². The van der Waals surface area contributed by atoms with Crippen LogP contribution < -0.4 is 0 Å². The predicted octanol–water partition coefficient (Wildman–Crippen LogP) is 6.33. The third kappa shape index (κ3) is 5.32. The van der Waals surface area contributed by atoms with Crippen LogP contribution in [0.15, 0.2) is 65.7 Å². The van der Waals surface area contributed by atoms with Crippen molar-refractivity contribution in [3.8, 4) is 0 Å². The molecule has 1 amide bonds. The van der Waals surface area contributed by atoms with Crippen LogP contribution in [0.4, 0.5) is 13.2 Å². The molecule has 142 valence electrons. The predicted molar refractivity (Wildman–Crippen MR) is 105 cm³/mol. The van der Waals surface area contributed by atoms with Gasteiger partial charge in [-0.05, 0) is 54.0 Å². The Kier molecular flexibility index (Phi) is 6.65. The first-order valence-electron chi connectivity index (χ1n) is 8.14. The summed E-state index contributed by atoms with van der Waals surface area (Å²) in [4.78, 5) is 14.0. The molecule has 0 fully saturated rings. The zero-order valence-corrected chi connectivity index (χ0v) is 16.6. The van der Waals surface area contributed by atoms with Gasteiger partial charge in [-0.1, -0.05) is 46.8 Å². The lowest BCUT2D eigenvalue weighted by Crippen LogP contribution is -2.26. The summed E-state index contributed by atoms with van der Waals surface area (Å²) in [5, 5.41) is 0. The van der Waals surface area contributed by atoms with Gasteiger partial charge in [0.2, 0.25) is 0 Å². The van der Waals surface area contributed by atoms with Crippen LogP contribution in [0.1, 0.15) is 34.0 Å². The van der Waals surface area contributed by atoms with Gasteiger partial charge in [-0.3, -0.25) is 4.79 Å².